The molecule has 0 aliphatic carbocycles. The summed E-state index contributed by atoms with van der Waals surface area (Å²) >= 11 is 0. The lowest BCUT2D eigenvalue weighted by Crippen LogP contribution is -2.38. The molecule has 3 N–H and O–H groups in total. The highest BCUT2D eigenvalue weighted by atomic mass is 31.2. The molecule has 0 heterocycles. The first-order chi connectivity index (χ1) is 13.9. The van der Waals surface area contributed by atoms with Crippen molar-refractivity contribution in [1.82, 2.24) is 5.09 Å². The monoisotopic (exact) mass is 455 g/mol. The Balaban J connectivity index is 2.53. The zero-order chi connectivity index (χ0) is 22.6. The molecule has 2 atom stereocenters. The minimum atomic E-state index is -5.27. The molecule has 0 radical (unpaired) electrons. The lowest BCUT2D eigenvalue weighted by molar-refractivity contribution is -0.145. The van der Waals surface area contributed by atoms with Crippen LogP contribution in [-0.4, -0.2) is 28.2 Å². The van der Waals surface area contributed by atoms with Crippen LogP contribution in [0.25, 0.3) is 0 Å². The highest BCUT2D eigenvalue weighted by Gasteiger charge is 2.39. The molecule has 30 heavy (non-hydrogen) atoms. The molecule has 2 aromatic rings. The average Bonchev–Trinajstić information content (AvgIpc) is 2.68. The molecule has 2 aromatic carbocycles. The van der Waals surface area contributed by atoms with Gasteiger partial charge in [-0.05, 0) is 12.1 Å². The van der Waals surface area contributed by atoms with Crippen LogP contribution in [0.3, 0.4) is 0 Å². The lowest BCUT2D eigenvalue weighted by atomic mass is 10.2. The zero-order valence-electron chi connectivity index (χ0n) is 14.4. The molecule has 0 saturated carbocycles. The Hall–Kier alpha value is -3.18. The van der Waals surface area contributed by atoms with E-state index in [0.29, 0.717) is 0 Å². The molecule has 0 saturated heterocycles. The molecule has 0 fully saturated rings. The van der Waals surface area contributed by atoms with E-state index in [1.807, 2.05) is 0 Å². The van der Waals surface area contributed by atoms with E-state index in [0.717, 1.165) is 12.1 Å². The Morgan fingerprint density at radius 2 is 1.40 bits per heavy atom. The average molecular weight is 455 g/mol. The van der Waals surface area contributed by atoms with Gasteiger partial charge in [-0.3, -0.25) is 9.59 Å². The third-order valence-corrected chi connectivity index (χ3v) is 4.84. The van der Waals surface area contributed by atoms with Crippen LogP contribution >= 0.6 is 7.75 Å². The Morgan fingerprint density at radius 1 is 0.900 bits per heavy atom. The van der Waals surface area contributed by atoms with Gasteiger partial charge in [-0.1, -0.05) is 18.2 Å². The van der Waals surface area contributed by atoms with Gasteiger partial charge in [0, 0.05) is 0 Å². The van der Waals surface area contributed by atoms with Crippen molar-refractivity contribution in [3.8, 4) is 11.5 Å². The Labute approximate surface area is 164 Å². The van der Waals surface area contributed by atoms with Crippen molar-refractivity contribution in [2.24, 2.45) is 0 Å². The topological polar surface area (TPSA) is 122 Å². The van der Waals surface area contributed by atoms with E-state index in [9.17, 15) is 36.1 Å². The van der Waals surface area contributed by atoms with Gasteiger partial charge in [0.15, 0.2) is 0 Å². The summed E-state index contributed by atoms with van der Waals surface area (Å²) in [7, 11) is -5.27. The predicted octanol–water partition coefficient (Wildman–Crippen LogP) is 3.47. The van der Waals surface area contributed by atoms with Crippen LogP contribution in [-0.2, 0) is 14.2 Å². The van der Waals surface area contributed by atoms with Gasteiger partial charge in [0.1, 0.15) is 11.8 Å². The molecule has 0 unspecified atom stereocenters. The van der Waals surface area contributed by atoms with Crippen molar-refractivity contribution >= 4 is 19.7 Å². The molecule has 2 rings (SSSR count). The number of hydrogen-bond donors (Lipinski definition) is 3. The number of hydrogen-bond acceptors (Lipinski definition) is 5. The number of aliphatic carboxylic acids is 2. The number of halogens is 5. The number of carboxylic acid groups (broad SMARTS) is 2. The summed E-state index contributed by atoms with van der Waals surface area (Å²) in [5.74, 6) is -18.3. The second-order valence-corrected chi connectivity index (χ2v) is 7.13. The first-order valence-corrected chi connectivity index (χ1v) is 9.27. The van der Waals surface area contributed by atoms with Gasteiger partial charge >= 0.3 is 19.7 Å². The van der Waals surface area contributed by atoms with Crippen LogP contribution < -0.4 is 14.1 Å². The van der Waals surface area contributed by atoms with E-state index in [4.69, 9.17) is 14.7 Å². The number of carboxylic acids is 2. The van der Waals surface area contributed by atoms with Crippen LogP contribution in [0.5, 0.6) is 11.5 Å². The summed E-state index contributed by atoms with van der Waals surface area (Å²) in [6.07, 6.45) is -1.20. The van der Waals surface area contributed by atoms with Gasteiger partial charge in [-0.15, -0.1) is 0 Å². The Morgan fingerprint density at radius 3 is 1.87 bits per heavy atom. The van der Waals surface area contributed by atoms with E-state index in [1.54, 1.807) is 5.09 Å². The Bertz CT molecular complexity index is 992. The quantitative estimate of drug-likeness (QED) is 0.228. The number of carbonyl (C=O) groups is 2. The fraction of sp³-hybridized carbons (Fsp3) is 0.125. The summed E-state index contributed by atoms with van der Waals surface area (Å²) in [6, 6.07) is 4.25. The third-order valence-electron chi connectivity index (χ3n) is 3.34. The molecule has 0 bridgehead atoms. The van der Waals surface area contributed by atoms with Crippen LogP contribution in [0.1, 0.15) is 6.42 Å². The molecule has 0 amide bonds. The highest BCUT2D eigenvalue weighted by Crippen LogP contribution is 2.47. The molecule has 0 spiro atoms. The first kappa shape index (κ1) is 23.1. The van der Waals surface area contributed by atoms with Crippen molar-refractivity contribution < 1.29 is 55.4 Å². The van der Waals surface area contributed by atoms with Gasteiger partial charge in [-0.25, -0.2) is 17.7 Å². The van der Waals surface area contributed by atoms with Gasteiger partial charge < -0.3 is 19.3 Å². The van der Waals surface area contributed by atoms with E-state index >= 15 is 0 Å². The third kappa shape index (κ3) is 5.24. The minimum absolute atomic E-state index is 0.323. The van der Waals surface area contributed by atoms with Crippen LogP contribution in [0.15, 0.2) is 30.3 Å². The second kappa shape index (κ2) is 9.09. The number of nitrogens with one attached hydrogen (secondary N) is 1. The van der Waals surface area contributed by atoms with Crippen molar-refractivity contribution in [2.45, 2.75) is 12.5 Å². The molecular formula is C16H11F5NO7P. The summed E-state index contributed by atoms with van der Waals surface area (Å²) in [5.41, 5.74) is 0. The fourth-order valence-electron chi connectivity index (χ4n) is 2.03. The normalized spacial score (nSPS) is 13.9. The second-order valence-electron chi connectivity index (χ2n) is 5.51. The number of para-hydroxylation sites is 1. The van der Waals surface area contributed by atoms with Gasteiger partial charge in [0.05, 0.1) is 6.42 Å². The molecule has 0 aromatic heterocycles. The standard InChI is InChI=1S/C16H11F5NO7P/c17-10-11(18)13(20)15(14(21)12(10)19)29-30(27,28-7-4-2-1-3-5-7)22-8(16(25)26)6-9(23)24/h1-5,8H,6H2,(H,22,27)(H,23,24)(H,25,26)/t8-,30-/m0/s1. The molecule has 14 heteroatoms. The maximum atomic E-state index is 13.9. The number of rotatable bonds is 9. The van der Waals surface area contributed by atoms with Crippen molar-refractivity contribution in [3.63, 3.8) is 0 Å². The minimum Gasteiger partial charge on any atom is -0.481 e. The summed E-state index contributed by atoms with van der Waals surface area (Å²) in [5, 5.41) is 19.5. The largest absolute Gasteiger partial charge is 0.513 e. The first-order valence-electron chi connectivity index (χ1n) is 7.73. The van der Waals surface area contributed by atoms with Gasteiger partial charge in [0.2, 0.25) is 34.8 Å². The Kier molecular flexibility index (Phi) is 7.00. The molecule has 0 aliphatic heterocycles. The molecule has 0 aliphatic rings. The molecule has 162 valence electrons. The van der Waals surface area contributed by atoms with E-state index in [2.05, 4.69) is 4.52 Å². The summed E-state index contributed by atoms with van der Waals surface area (Å²) < 4.78 is 90.1. The maximum absolute atomic E-state index is 13.9. The summed E-state index contributed by atoms with van der Waals surface area (Å²) in [6.45, 7) is 0. The van der Waals surface area contributed by atoms with Crippen LogP contribution in [0.4, 0.5) is 22.0 Å². The maximum Gasteiger partial charge on any atom is 0.513 e. The molecule has 8 nitrogen and oxygen atoms in total. The van der Waals surface area contributed by atoms with Crippen molar-refractivity contribution in [3.05, 3.63) is 59.4 Å². The van der Waals surface area contributed by atoms with Crippen molar-refractivity contribution in [1.29, 1.82) is 0 Å². The fourth-order valence-corrected chi connectivity index (χ4v) is 3.56. The summed E-state index contributed by atoms with van der Waals surface area (Å²) in [4.78, 5) is 22.0. The molecular weight excluding hydrogens is 444 g/mol. The van der Waals surface area contributed by atoms with E-state index < -0.39 is 67.0 Å². The SMILES string of the molecule is O=C(O)C[C@H](N[P@](=O)(Oc1ccccc1)Oc1c(F)c(F)c(F)c(F)c1F)C(=O)O. The van der Waals surface area contributed by atoms with E-state index in [-0.39, 0.29) is 5.75 Å². The van der Waals surface area contributed by atoms with E-state index in [1.165, 1.54) is 18.2 Å². The lowest BCUT2D eigenvalue weighted by Gasteiger charge is -2.23. The van der Waals surface area contributed by atoms with Gasteiger partial charge in [-0.2, -0.15) is 13.9 Å². The van der Waals surface area contributed by atoms with Crippen molar-refractivity contribution in [2.75, 3.05) is 0 Å². The highest BCUT2D eigenvalue weighted by molar-refractivity contribution is 7.52. The van der Waals surface area contributed by atoms with Gasteiger partial charge in [0.25, 0.3) is 0 Å². The number of benzene rings is 2. The zero-order valence-corrected chi connectivity index (χ0v) is 15.3. The van der Waals surface area contributed by atoms with Crippen LogP contribution in [0, 0.1) is 29.1 Å². The smallest absolute Gasteiger partial charge is 0.481 e. The van der Waals surface area contributed by atoms with Crippen LogP contribution in [0.2, 0.25) is 0 Å². The predicted molar refractivity (Wildman–Crippen MR) is 88.3 cm³/mol.